The number of hydrogen-bond acceptors (Lipinski definition) is 14. The maximum absolute atomic E-state index is 12.2. The highest BCUT2D eigenvalue weighted by Crippen LogP contribution is 2.26. The second kappa shape index (κ2) is 26.0. The first-order valence-corrected chi connectivity index (χ1v) is 31.2. The quantitative estimate of drug-likeness (QED) is 0.169. The number of sulfonamides is 3. The summed E-state index contributed by atoms with van der Waals surface area (Å²) >= 11 is 0. The fourth-order valence-corrected chi connectivity index (χ4v) is 14.6. The van der Waals surface area contributed by atoms with E-state index in [1.165, 1.54) is 4.90 Å². The zero-order valence-electron chi connectivity index (χ0n) is 39.1. The van der Waals surface area contributed by atoms with Crippen molar-refractivity contribution in [1.82, 2.24) is 34.6 Å². The van der Waals surface area contributed by atoms with Crippen LogP contribution in [0.3, 0.4) is 0 Å². The highest BCUT2D eigenvalue weighted by Gasteiger charge is 2.37. The van der Waals surface area contributed by atoms with Gasteiger partial charge >= 0.3 is 12.2 Å². The fourth-order valence-electron chi connectivity index (χ4n) is 8.09. The third kappa shape index (κ3) is 19.4. The van der Waals surface area contributed by atoms with E-state index < -0.39 is 55.7 Å². The Morgan fingerprint density at radius 3 is 1.04 bits per heavy atom. The number of benzene rings is 2. The molecule has 388 valence electrons. The molecule has 4 aliphatic heterocycles. The van der Waals surface area contributed by atoms with Gasteiger partial charge in [0.2, 0.25) is 39.1 Å². The number of hydrogen-bond donors (Lipinski definition) is 5. The lowest BCUT2D eigenvalue weighted by Crippen LogP contribution is -2.46. The van der Waals surface area contributed by atoms with E-state index in [1.54, 1.807) is 4.90 Å². The highest BCUT2D eigenvalue weighted by atomic mass is 35.7. The number of piperidine rings is 4. The Labute approximate surface area is 413 Å². The van der Waals surface area contributed by atoms with Crippen molar-refractivity contribution < 1.29 is 52.7 Å². The zero-order valence-corrected chi connectivity index (χ0v) is 43.1. The molecule has 2 aromatic rings. The number of carbonyl (C=O) groups excluding carboxylic acids is 2. The monoisotopic (exact) mass is 1060 g/mol. The van der Waals surface area contributed by atoms with Crippen molar-refractivity contribution in [2.75, 3.05) is 52.4 Å². The number of halogens is 1. The van der Waals surface area contributed by atoms with Gasteiger partial charge in [-0.1, -0.05) is 60.7 Å². The minimum Gasteiger partial charge on any atom is -0.445 e. The number of carbonyl (C=O) groups is 2. The molecule has 0 radical (unpaired) electrons. The van der Waals surface area contributed by atoms with Crippen LogP contribution in [0.15, 0.2) is 60.7 Å². The summed E-state index contributed by atoms with van der Waals surface area (Å²) in [6, 6.07) is 19.5. The van der Waals surface area contributed by atoms with Gasteiger partial charge in [-0.3, -0.25) is 0 Å². The normalized spacial score (nSPS) is 21.3. The van der Waals surface area contributed by atoms with Crippen LogP contribution in [0.5, 0.6) is 0 Å². The molecule has 7 aliphatic rings. The molecule has 9 rings (SSSR count). The number of nitrogens with zero attached hydrogens (tertiary/aromatic N) is 2. The van der Waals surface area contributed by atoms with E-state index in [1.807, 2.05) is 60.7 Å². The summed E-state index contributed by atoms with van der Waals surface area (Å²) in [5, 5.41) is 5.04. The number of nitrogens with one attached hydrogen (secondary N) is 5. The van der Waals surface area contributed by atoms with E-state index >= 15 is 0 Å². The van der Waals surface area contributed by atoms with E-state index in [2.05, 4.69) is 24.8 Å². The van der Waals surface area contributed by atoms with Crippen molar-refractivity contribution in [3.8, 4) is 0 Å². The zero-order chi connectivity index (χ0) is 49.5. The van der Waals surface area contributed by atoms with E-state index in [4.69, 9.17) is 20.2 Å². The first kappa shape index (κ1) is 55.2. The van der Waals surface area contributed by atoms with Gasteiger partial charge in [-0.15, -0.1) is 0 Å². The summed E-state index contributed by atoms with van der Waals surface area (Å²) in [6.45, 7) is 5.32. The highest BCUT2D eigenvalue weighted by molar-refractivity contribution is 8.14. The molecule has 0 atom stereocenters. The maximum Gasteiger partial charge on any atom is 0.410 e. The average molecular weight is 1060 g/mol. The second-order valence-corrected chi connectivity index (χ2v) is 27.5. The molecule has 7 fully saturated rings. The van der Waals surface area contributed by atoms with Gasteiger partial charge < -0.3 is 29.9 Å². The largest absolute Gasteiger partial charge is 0.445 e. The molecule has 3 saturated carbocycles. The van der Waals surface area contributed by atoms with Gasteiger partial charge in [0.25, 0.3) is 0 Å². The van der Waals surface area contributed by atoms with Crippen molar-refractivity contribution >= 4 is 62.0 Å². The molecule has 5 N–H and O–H groups in total. The van der Waals surface area contributed by atoms with Crippen LogP contribution in [0.1, 0.15) is 101 Å². The molecule has 4 saturated heterocycles. The minimum absolute atomic E-state index is 0.133. The SMILES string of the molecule is O=C(OCc1ccccc1)N1CCC(S(=O)(=O)Cl)CC1.O=C(OCc1ccccc1)N1CCC(S(=O)(=O)NC2CC2)CC1.O=S(=O)(NC1CC1)C1CCNCC1.O=S(=O)(NC1CC1)C1CCNCC1. The lowest BCUT2D eigenvalue weighted by Gasteiger charge is -2.31. The van der Waals surface area contributed by atoms with Crippen LogP contribution in [0, 0.1) is 0 Å². The maximum atomic E-state index is 12.2. The second-order valence-electron chi connectivity index (χ2n) is 18.6. The predicted octanol–water partition coefficient (Wildman–Crippen LogP) is 3.87. The van der Waals surface area contributed by atoms with Crippen molar-refractivity contribution in [3.63, 3.8) is 0 Å². The summed E-state index contributed by atoms with van der Waals surface area (Å²) in [5.74, 6) is 0. The Kier molecular flexibility index (Phi) is 20.8. The van der Waals surface area contributed by atoms with Crippen molar-refractivity contribution in [1.29, 1.82) is 0 Å². The molecule has 24 heteroatoms. The van der Waals surface area contributed by atoms with Gasteiger partial charge in [0, 0.05) is 55.0 Å². The summed E-state index contributed by atoms with van der Waals surface area (Å²) in [7, 11) is -7.49. The van der Waals surface area contributed by atoms with Crippen LogP contribution in [-0.4, -0.2) is 147 Å². The van der Waals surface area contributed by atoms with Gasteiger partial charge in [0.05, 0.1) is 21.0 Å². The van der Waals surface area contributed by atoms with Crippen molar-refractivity contribution in [3.05, 3.63) is 71.8 Å². The molecule has 0 bridgehead atoms. The topological polar surface area (TPSA) is 256 Å². The van der Waals surface area contributed by atoms with E-state index in [-0.39, 0.29) is 47.9 Å². The molecule has 2 aromatic carbocycles. The molecule has 2 amide bonds. The standard InChI is InChI=1S/C16H22N2O4S.C13H16ClNO4S.2C8H16N2O2S/c19-16(22-12-13-4-2-1-3-5-13)18-10-8-15(9-11-18)23(20,21)17-14-6-7-14;14-20(17,18)12-6-8-15(9-7-12)13(16)19-10-11-4-2-1-3-5-11;2*11-13(12,10-7-1-2-7)8-3-5-9-6-4-8/h1-5,14-15,17H,6-12H2;1-5,12H,6-10H2;2*7-10H,1-6H2. The molecule has 3 aliphatic carbocycles. The van der Waals surface area contributed by atoms with E-state index in [9.17, 15) is 43.3 Å². The summed E-state index contributed by atoms with van der Waals surface area (Å²) < 4.78 is 112. The van der Waals surface area contributed by atoms with E-state index in [0.717, 1.165) is 102 Å². The van der Waals surface area contributed by atoms with Gasteiger partial charge in [-0.05, 0) is 127 Å². The van der Waals surface area contributed by atoms with Crippen LogP contribution < -0.4 is 24.8 Å². The summed E-state index contributed by atoms with van der Waals surface area (Å²) in [6.07, 6.45) is 9.79. The Balaban J connectivity index is 0.000000156. The molecule has 4 heterocycles. The molecule has 69 heavy (non-hydrogen) atoms. The lowest BCUT2D eigenvalue weighted by molar-refractivity contribution is 0.0891. The Morgan fingerprint density at radius 2 is 0.754 bits per heavy atom. The average Bonchev–Trinajstić information content (AvgIpc) is 4.23. The predicted molar refractivity (Wildman–Crippen MR) is 264 cm³/mol. The molecule has 0 aromatic heterocycles. The van der Waals surface area contributed by atoms with Crippen LogP contribution in [0.4, 0.5) is 9.59 Å². The molecule has 0 unspecified atom stereocenters. The molecular formula is C45H70ClN7O12S4. The van der Waals surface area contributed by atoms with Gasteiger partial charge in [0.15, 0.2) is 0 Å². The minimum atomic E-state index is -3.54. The third-order valence-electron chi connectivity index (χ3n) is 12.8. The van der Waals surface area contributed by atoms with Crippen LogP contribution in [-0.2, 0) is 61.8 Å². The summed E-state index contributed by atoms with van der Waals surface area (Å²) in [4.78, 5) is 27.0. The molecule has 0 spiro atoms. The molecule has 19 nitrogen and oxygen atoms in total. The van der Waals surface area contributed by atoms with Crippen LogP contribution >= 0.6 is 10.7 Å². The third-order valence-corrected chi connectivity index (χ3v) is 20.9. The lowest BCUT2D eigenvalue weighted by atomic mass is 10.1. The number of likely N-dealkylation sites (tertiary alicyclic amines) is 2. The first-order chi connectivity index (χ1) is 32.9. The van der Waals surface area contributed by atoms with Crippen LogP contribution in [0.25, 0.3) is 0 Å². The van der Waals surface area contributed by atoms with Gasteiger partial charge in [-0.25, -0.2) is 57.4 Å². The fraction of sp³-hybridized carbons (Fsp3) is 0.689. The number of ether oxygens (including phenoxy) is 2. The Morgan fingerprint density at radius 1 is 0.464 bits per heavy atom. The van der Waals surface area contributed by atoms with Gasteiger partial charge in [0.1, 0.15) is 13.2 Å². The molecular weight excluding hydrogens is 994 g/mol. The van der Waals surface area contributed by atoms with Crippen LogP contribution in [0.2, 0.25) is 0 Å². The first-order valence-electron chi connectivity index (χ1n) is 24.2. The van der Waals surface area contributed by atoms with Crippen molar-refractivity contribution in [2.24, 2.45) is 0 Å². The van der Waals surface area contributed by atoms with Gasteiger partial charge in [-0.2, -0.15) is 0 Å². The Bertz CT molecular complexity index is 2310. The number of amides is 2. The van der Waals surface area contributed by atoms with Crippen molar-refractivity contribution in [2.45, 2.75) is 142 Å². The summed E-state index contributed by atoms with van der Waals surface area (Å²) in [5.41, 5.74) is 1.85. The smallest absolute Gasteiger partial charge is 0.410 e. The number of rotatable bonds is 14. The Hall–Kier alpha value is -3.13. The van der Waals surface area contributed by atoms with E-state index in [0.29, 0.717) is 51.9 Å².